The molecule has 0 aliphatic rings. The molecule has 2 rings (SSSR count). The van der Waals surface area contributed by atoms with Gasteiger partial charge in [0.25, 0.3) is 0 Å². The minimum Gasteiger partial charge on any atom is -0.508 e. The van der Waals surface area contributed by atoms with Crippen LogP contribution < -0.4 is 9.47 Å². The van der Waals surface area contributed by atoms with E-state index in [-0.39, 0.29) is 39.5 Å². The Morgan fingerprint density at radius 2 is 1.45 bits per heavy atom. The molecule has 0 saturated carbocycles. The van der Waals surface area contributed by atoms with Crippen molar-refractivity contribution in [2.75, 3.05) is 20.3 Å². The first-order valence-corrected chi connectivity index (χ1v) is 9.48. The van der Waals surface area contributed by atoms with Crippen LogP contribution in [0.4, 0.5) is 0 Å². The molecular formula is C21H28O10. The summed E-state index contributed by atoms with van der Waals surface area (Å²) in [4.78, 5) is 0. The lowest BCUT2D eigenvalue weighted by Gasteiger charge is -2.26. The van der Waals surface area contributed by atoms with E-state index in [0.717, 1.165) is 0 Å². The maximum absolute atomic E-state index is 10.7. The van der Waals surface area contributed by atoms with Gasteiger partial charge in [-0.1, -0.05) is 6.07 Å². The summed E-state index contributed by atoms with van der Waals surface area (Å²) in [6, 6.07) is 6.74. The Bertz CT molecular complexity index is 831. The maximum atomic E-state index is 10.7. The Hall–Kier alpha value is -2.44. The maximum Gasteiger partial charge on any atom is 0.167 e. The number of benzene rings is 2. The first kappa shape index (κ1) is 24.8. The normalized spacial score (nSPS) is 15.2. The minimum atomic E-state index is -1.45. The number of rotatable bonds is 11. The number of hydrogen-bond acceptors (Lipinski definition) is 10. The van der Waals surface area contributed by atoms with Gasteiger partial charge in [-0.2, -0.15) is 0 Å². The SMILES string of the molecule is COc1cc([C@H](O)[C@@H](O)CO)cc(CO)c1O[C@H](CO)[C@@H](O)c1ccc(O)c(CO)c1. The second kappa shape index (κ2) is 11.3. The van der Waals surface area contributed by atoms with Crippen LogP contribution in [0, 0.1) is 0 Å². The van der Waals surface area contributed by atoms with Crippen molar-refractivity contribution >= 4 is 0 Å². The highest BCUT2D eigenvalue weighted by Crippen LogP contribution is 2.38. The molecule has 0 unspecified atom stereocenters. The summed E-state index contributed by atoms with van der Waals surface area (Å²) in [6.07, 6.45) is -5.49. The second-order valence-corrected chi connectivity index (χ2v) is 6.89. The summed E-state index contributed by atoms with van der Waals surface area (Å²) in [5.41, 5.74) is 0.749. The highest BCUT2D eigenvalue weighted by atomic mass is 16.5. The predicted molar refractivity (Wildman–Crippen MR) is 107 cm³/mol. The Balaban J connectivity index is 2.40. The number of hydrogen-bond donors (Lipinski definition) is 8. The largest absolute Gasteiger partial charge is 0.508 e. The van der Waals surface area contributed by atoms with Gasteiger partial charge < -0.3 is 50.3 Å². The Morgan fingerprint density at radius 3 is 2.00 bits per heavy atom. The lowest BCUT2D eigenvalue weighted by molar-refractivity contribution is -0.0157. The molecule has 0 aromatic heterocycles. The molecular weight excluding hydrogens is 412 g/mol. The average molecular weight is 440 g/mol. The summed E-state index contributed by atoms with van der Waals surface area (Å²) in [7, 11) is 1.31. The van der Waals surface area contributed by atoms with Gasteiger partial charge in [-0.3, -0.25) is 0 Å². The van der Waals surface area contributed by atoms with Crippen molar-refractivity contribution in [1.29, 1.82) is 0 Å². The van der Waals surface area contributed by atoms with Gasteiger partial charge in [0.2, 0.25) is 0 Å². The van der Waals surface area contributed by atoms with Gasteiger partial charge in [0, 0.05) is 11.1 Å². The number of aromatic hydroxyl groups is 1. The zero-order valence-electron chi connectivity index (χ0n) is 16.9. The molecule has 0 radical (unpaired) electrons. The highest BCUT2D eigenvalue weighted by Gasteiger charge is 2.27. The molecule has 0 aliphatic heterocycles. The molecule has 0 amide bonds. The zero-order valence-corrected chi connectivity index (χ0v) is 16.9. The van der Waals surface area contributed by atoms with Crippen LogP contribution >= 0.6 is 0 Å². The van der Waals surface area contributed by atoms with Gasteiger partial charge in [-0.15, -0.1) is 0 Å². The summed E-state index contributed by atoms with van der Waals surface area (Å²) in [5, 5.41) is 78.1. The van der Waals surface area contributed by atoms with Crippen molar-refractivity contribution in [3.63, 3.8) is 0 Å². The van der Waals surface area contributed by atoms with Crippen molar-refractivity contribution < 1.29 is 50.3 Å². The predicted octanol–water partition coefficient (Wildman–Crippen LogP) is -0.755. The number of ether oxygens (including phenoxy) is 2. The van der Waals surface area contributed by atoms with E-state index >= 15 is 0 Å². The van der Waals surface area contributed by atoms with E-state index in [0.29, 0.717) is 0 Å². The average Bonchev–Trinajstić information content (AvgIpc) is 2.80. The quantitative estimate of drug-likeness (QED) is 0.221. The van der Waals surface area contributed by atoms with E-state index in [1.165, 1.54) is 37.4 Å². The molecule has 2 aromatic rings. The Labute approximate surface area is 178 Å². The molecule has 0 fully saturated rings. The number of phenols is 1. The Kier molecular flexibility index (Phi) is 9.01. The van der Waals surface area contributed by atoms with Crippen LogP contribution in [0.25, 0.3) is 0 Å². The standard InChI is InChI=1S/C21H28O10/c1-30-17-6-12(19(28)16(27)9-24)5-14(8-23)21(17)31-18(10-25)20(29)11-2-3-15(26)13(4-11)7-22/h2-6,16,18-20,22-29H,7-10H2,1H3/t16-,18+,19-,20-/m0/s1. The van der Waals surface area contributed by atoms with E-state index < -0.39 is 50.8 Å². The summed E-state index contributed by atoms with van der Waals surface area (Å²) in [5.74, 6) is -0.0970. The third-order valence-electron chi connectivity index (χ3n) is 4.85. The van der Waals surface area contributed by atoms with E-state index in [2.05, 4.69) is 0 Å². The highest BCUT2D eigenvalue weighted by molar-refractivity contribution is 5.50. The third kappa shape index (κ3) is 5.63. The van der Waals surface area contributed by atoms with E-state index in [4.69, 9.17) is 14.6 Å². The number of aliphatic hydroxyl groups is 7. The molecule has 0 saturated heterocycles. The van der Waals surface area contributed by atoms with Crippen LogP contribution in [-0.4, -0.2) is 73.4 Å². The molecule has 2 aromatic carbocycles. The fraction of sp³-hybridized carbons (Fsp3) is 0.429. The van der Waals surface area contributed by atoms with Crippen molar-refractivity contribution in [2.45, 2.75) is 37.6 Å². The summed E-state index contributed by atoms with van der Waals surface area (Å²) < 4.78 is 11.0. The fourth-order valence-electron chi connectivity index (χ4n) is 3.06. The van der Waals surface area contributed by atoms with Crippen molar-refractivity contribution in [3.8, 4) is 17.2 Å². The number of methoxy groups -OCH3 is 1. The molecule has 31 heavy (non-hydrogen) atoms. The molecule has 172 valence electrons. The van der Waals surface area contributed by atoms with Gasteiger partial charge in [0.15, 0.2) is 17.6 Å². The van der Waals surface area contributed by atoms with Gasteiger partial charge in [0.1, 0.15) is 24.1 Å². The lowest BCUT2D eigenvalue weighted by Crippen LogP contribution is -2.30. The van der Waals surface area contributed by atoms with Crippen LogP contribution in [0.1, 0.15) is 34.5 Å². The molecule has 4 atom stereocenters. The first-order valence-electron chi connectivity index (χ1n) is 9.48. The molecule has 8 N–H and O–H groups in total. The van der Waals surface area contributed by atoms with Crippen molar-refractivity contribution in [3.05, 3.63) is 52.6 Å². The molecule has 0 bridgehead atoms. The molecule has 10 heteroatoms. The zero-order chi connectivity index (χ0) is 23.1. The monoisotopic (exact) mass is 440 g/mol. The van der Waals surface area contributed by atoms with E-state index in [1.807, 2.05) is 0 Å². The summed E-state index contributed by atoms with van der Waals surface area (Å²) in [6.45, 7) is -2.32. The van der Waals surface area contributed by atoms with Crippen LogP contribution in [0.2, 0.25) is 0 Å². The van der Waals surface area contributed by atoms with Crippen LogP contribution in [-0.2, 0) is 13.2 Å². The number of aliphatic hydroxyl groups excluding tert-OH is 7. The third-order valence-corrected chi connectivity index (χ3v) is 4.85. The molecule has 0 heterocycles. The summed E-state index contributed by atoms with van der Waals surface area (Å²) >= 11 is 0. The van der Waals surface area contributed by atoms with Crippen LogP contribution in [0.15, 0.2) is 30.3 Å². The fourth-order valence-corrected chi connectivity index (χ4v) is 3.06. The molecule has 0 aliphatic carbocycles. The minimum absolute atomic E-state index is 0.00121. The van der Waals surface area contributed by atoms with E-state index in [9.17, 15) is 35.7 Å². The van der Waals surface area contributed by atoms with Gasteiger partial charge in [0.05, 0.1) is 33.5 Å². The van der Waals surface area contributed by atoms with Gasteiger partial charge >= 0.3 is 0 Å². The first-order chi connectivity index (χ1) is 14.8. The second-order valence-electron chi connectivity index (χ2n) is 6.89. The molecule has 10 nitrogen and oxygen atoms in total. The topological polar surface area (TPSA) is 180 Å². The van der Waals surface area contributed by atoms with Crippen molar-refractivity contribution in [2.24, 2.45) is 0 Å². The van der Waals surface area contributed by atoms with Gasteiger partial charge in [-0.25, -0.2) is 0 Å². The Morgan fingerprint density at radius 1 is 0.806 bits per heavy atom. The smallest absolute Gasteiger partial charge is 0.167 e. The van der Waals surface area contributed by atoms with Crippen LogP contribution in [0.3, 0.4) is 0 Å². The van der Waals surface area contributed by atoms with Crippen molar-refractivity contribution in [1.82, 2.24) is 0 Å². The van der Waals surface area contributed by atoms with E-state index in [1.54, 1.807) is 0 Å². The van der Waals surface area contributed by atoms with Crippen LogP contribution in [0.5, 0.6) is 17.2 Å². The van der Waals surface area contributed by atoms with Gasteiger partial charge in [-0.05, 0) is 35.4 Å². The molecule has 0 spiro atoms. The lowest BCUT2D eigenvalue weighted by atomic mass is 10.00.